The van der Waals surface area contributed by atoms with E-state index >= 15 is 0 Å². The lowest BCUT2D eigenvalue weighted by atomic mass is 9.95. The maximum Gasteiger partial charge on any atom is 0.118 e. The normalized spacial score (nSPS) is 11.8. The quantitative estimate of drug-likeness (QED) is 0.519. The third-order valence-electron chi connectivity index (χ3n) is 3.97. The summed E-state index contributed by atoms with van der Waals surface area (Å²) in [6.07, 6.45) is 0. The highest BCUT2D eigenvalue weighted by molar-refractivity contribution is 6.53. The van der Waals surface area contributed by atoms with Crippen LogP contribution < -0.4 is 4.74 Å². The Morgan fingerprint density at radius 2 is 1.25 bits per heavy atom. The summed E-state index contributed by atoms with van der Waals surface area (Å²) in [6, 6.07) is 26.5. The lowest BCUT2D eigenvalue weighted by Crippen LogP contribution is -1.92. The third-order valence-corrected chi connectivity index (χ3v) is 4.37. The summed E-state index contributed by atoms with van der Waals surface area (Å²) in [5.41, 5.74) is 5.43. The molecule has 0 saturated heterocycles. The average molecular weight is 335 g/mol. The number of aryl methyl sites for hydroxylation is 1. The molecule has 1 nitrogen and oxygen atoms in total. The first kappa shape index (κ1) is 16.4. The number of hydrogen-bond acceptors (Lipinski definition) is 1. The fraction of sp³-hybridized carbons (Fsp3) is 0.0909. The molecule has 24 heavy (non-hydrogen) atoms. The van der Waals surface area contributed by atoms with Crippen molar-refractivity contribution in [2.75, 3.05) is 7.11 Å². The highest BCUT2D eigenvalue weighted by Crippen LogP contribution is 2.35. The van der Waals surface area contributed by atoms with Gasteiger partial charge in [0.15, 0.2) is 0 Å². The van der Waals surface area contributed by atoms with Crippen molar-refractivity contribution in [3.63, 3.8) is 0 Å². The van der Waals surface area contributed by atoms with Gasteiger partial charge in [-0.15, -0.1) is 0 Å². The second kappa shape index (κ2) is 7.37. The topological polar surface area (TPSA) is 9.23 Å². The van der Waals surface area contributed by atoms with Crippen LogP contribution in [0.15, 0.2) is 78.9 Å². The van der Waals surface area contributed by atoms with E-state index in [1.165, 1.54) is 5.56 Å². The fourth-order valence-electron chi connectivity index (χ4n) is 2.63. The van der Waals surface area contributed by atoms with Crippen LogP contribution in [0.1, 0.15) is 22.3 Å². The smallest absolute Gasteiger partial charge is 0.118 e. The summed E-state index contributed by atoms with van der Waals surface area (Å²) in [7, 11) is 1.66. The second-order valence-corrected chi connectivity index (χ2v) is 6.03. The molecule has 0 atom stereocenters. The average Bonchev–Trinajstić information content (AvgIpc) is 2.64. The molecule has 0 fully saturated rings. The summed E-state index contributed by atoms with van der Waals surface area (Å²) < 4.78 is 5.23. The van der Waals surface area contributed by atoms with E-state index in [-0.39, 0.29) is 0 Å². The summed E-state index contributed by atoms with van der Waals surface area (Å²) in [4.78, 5) is 0. The Morgan fingerprint density at radius 3 is 1.83 bits per heavy atom. The van der Waals surface area contributed by atoms with Crippen LogP contribution >= 0.6 is 11.6 Å². The lowest BCUT2D eigenvalue weighted by molar-refractivity contribution is 0.415. The van der Waals surface area contributed by atoms with Crippen LogP contribution in [0.25, 0.3) is 10.6 Å². The zero-order valence-corrected chi connectivity index (χ0v) is 14.5. The number of methoxy groups -OCH3 is 1. The van der Waals surface area contributed by atoms with Crippen molar-refractivity contribution in [3.05, 3.63) is 101 Å². The molecule has 0 radical (unpaired) electrons. The van der Waals surface area contributed by atoms with E-state index in [1.807, 2.05) is 42.5 Å². The highest BCUT2D eigenvalue weighted by atomic mass is 35.5. The highest BCUT2D eigenvalue weighted by Gasteiger charge is 2.12. The van der Waals surface area contributed by atoms with Crippen molar-refractivity contribution < 1.29 is 4.74 Å². The number of hydrogen-bond donors (Lipinski definition) is 0. The maximum atomic E-state index is 6.82. The zero-order valence-electron chi connectivity index (χ0n) is 13.8. The lowest BCUT2D eigenvalue weighted by Gasteiger charge is -2.13. The molecule has 0 aliphatic heterocycles. The Bertz CT molecular complexity index is 831. The van der Waals surface area contributed by atoms with Crippen LogP contribution in [0.5, 0.6) is 5.75 Å². The minimum Gasteiger partial charge on any atom is -0.497 e. The van der Waals surface area contributed by atoms with Gasteiger partial charge in [-0.3, -0.25) is 0 Å². The molecule has 0 N–H and O–H groups in total. The van der Waals surface area contributed by atoms with Gasteiger partial charge in [0.05, 0.1) is 12.1 Å². The van der Waals surface area contributed by atoms with E-state index in [1.54, 1.807) is 7.11 Å². The first-order valence-corrected chi connectivity index (χ1v) is 8.23. The van der Waals surface area contributed by atoms with Crippen molar-refractivity contribution in [1.29, 1.82) is 0 Å². The largest absolute Gasteiger partial charge is 0.497 e. The molecule has 3 rings (SSSR count). The molecule has 0 unspecified atom stereocenters. The van der Waals surface area contributed by atoms with Crippen molar-refractivity contribution in [3.8, 4) is 5.75 Å². The molecule has 2 heteroatoms. The van der Waals surface area contributed by atoms with Gasteiger partial charge in [-0.05, 0) is 47.9 Å². The van der Waals surface area contributed by atoms with Crippen LogP contribution in [0.3, 0.4) is 0 Å². The molecule has 0 heterocycles. The van der Waals surface area contributed by atoms with Crippen LogP contribution in [0, 0.1) is 6.92 Å². The molecule has 0 saturated carbocycles. The summed E-state index contributed by atoms with van der Waals surface area (Å²) in [6.45, 7) is 2.08. The van der Waals surface area contributed by atoms with Gasteiger partial charge in [0.25, 0.3) is 0 Å². The van der Waals surface area contributed by atoms with Crippen LogP contribution in [-0.4, -0.2) is 7.11 Å². The number of halogens is 1. The Kier molecular flexibility index (Phi) is 5.02. The number of benzene rings is 3. The van der Waals surface area contributed by atoms with Gasteiger partial charge in [-0.1, -0.05) is 71.8 Å². The minimum atomic E-state index is 0.729. The zero-order chi connectivity index (χ0) is 16.9. The maximum absolute atomic E-state index is 6.82. The molecule has 120 valence electrons. The first-order valence-electron chi connectivity index (χ1n) is 7.85. The van der Waals surface area contributed by atoms with Crippen molar-refractivity contribution in [2.45, 2.75) is 6.92 Å². The molecule has 3 aromatic rings. The molecule has 0 bridgehead atoms. The van der Waals surface area contributed by atoms with Crippen LogP contribution in [0.2, 0.25) is 0 Å². The summed E-state index contributed by atoms with van der Waals surface area (Å²) in [5, 5.41) is 0.729. The van der Waals surface area contributed by atoms with Crippen LogP contribution in [0.4, 0.5) is 0 Å². The van der Waals surface area contributed by atoms with Gasteiger partial charge in [0, 0.05) is 5.57 Å². The van der Waals surface area contributed by atoms with E-state index in [4.69, 9.17) is 16.3 Å². The van der Waals surface area contributed by atoms with Gasteiger partial charge in [-0.2, -0.15) is 0 Å². The standard InChI is InChI=1S/C22H19ClO/c1-16-8-10-18(11-9-16)21(17-6-4-3-5-7-17)22(23)19-12-14-20(24-2)15-13-19/h3-15H,1-2H3/b22-21-. The number of ether oxygens (including phenoxy) is 1. The molecule has 0 amide bonds. The Labute approximate surface area is 148 Å². The van der Waals surface area contributed by atoms with Gasteiger partial charge in [-0.25, -0.2) is 0 Å². The predicted molar refractivity (Wildman–Crippen MR) is 102 cm³/mol. The van der Waals surface area contributed by atoms with Gasteiger partial charge >= 0.3 is 0 Å². The second-order valence-electron chi connectivity index (χ2n) is 5.65. The molecular weight excluding hydrogens is 316 g/mol. The summed E-state index contributed by atoms with van der Waals surface area (Å²) >= 11 is 6.82. The first-order chi connectivity index (χ1) is 11.7. The molecular formula is C22H19ClO. The van der Waals surface area contributed by atoms with Crippen molar-refractivity contribution in [2.24, 2.45) is 0 Å². The Morgan fingerprint density at radius 1 is 0.708 bits per heavy atom. The molecule has 0 spiro atoms. The van der Waals surface area contributed by atoms with Gasteiger partial charge in [0.2, 0.25) is 0 Å². The van der Waals surface area contributed by atoms with Gasteiger partial charge in [0.1, 0.15) is 5.75 Å². The van der Waals surface area contributed by atoms with E-state index in [0.717, 1.165) is 33.0 Å². The molecule has 0 aromatic heterocycles. The van der Waals surface area contributed by atoms with Crippen LogP contribution in [-0.2, 0) is 0 Å². The molecule has 0 aliphatic carbocycles. The predicted octanol–water partition coefficient (Wildman–Crippen LogP) is 6.16. The van der Waals surface area contributed by atoms with Crippen molar-refractivity contribution >= 4 is 22.2 Å². The third kappa shape index (κ3) is 3.52. The van der Waals surface area contributed by atoms with E-state index < -0.39 is 0 Å². The number of rotatable bonds is 4. The minimum absolute atomic E-state index is 0.729. The Balaban J connectivity index is 2.17. The molecule has 3 aromatic carbocycles. The fourth-order valence-corrected chi connectivity index (χ4v) is 2.97. The van der Waals surface area contributed by atoms with E-state index in [2.05, 4.69) is 43.3 Å². The van der Waals surface area contributed by atoms with Crippen molar-refractivity contribution in [1.82, 2.24) is 0 Å². The summed E-state index contributed by atoms with van der Waals surface area (Å²) in [5.74, 6) is 0.819. The van der Waals surface area contributed by atoms with Gasteiger partial charge < -0.3 is 4.74 Å². The molecule has 0 aliphatic rings. The Hall–Kier alpha value is -2.51. The monoisotopic (exact) mass is 334 g/mol. The SMILES string of the molecule is COc1ccc(/C(Cl)=C(\c2ccccc2)c2ccc(C)cc2)cc1. The van der Waals surface area contributed by atoms with E-state index in [0.29, 0.717) is 0 Å². The van der Waals surface area contributed by atoms with E-state index in [9.17, 15) is 0 Å².